The molecule has 0 aromatic heterocycles. The molecule has 2 saturated heterocycles. The topological polar surface area (TPSA) is 49.6 Å². The van der Waals surface area contributed by atoms with E-state index in [0.29, 0.717) is 23.8 Å². The number of nitrogens with two attached hydrogens (primary N) is 1. The van der Waals surface area contributed by atoms with E-state index in [1.165, 1.54) is 19.3 Å². The molecule has 4 nitrogen and oxygen atoms in total. The minimum atomic E-state index is 0.147. The minimum absolute atomic E-state index is 0.147. The van der Waals surface area contributed by atoms with Crippen LogP contribution < -0.4 is 5.73 Å². The van der Waals surface area contributed by atoms with Gasteiger partial charge in [-0.05, 0) is 50.6 Å². The van der Waals surface area contributed by atoms with Crippen molar-refractivity contribution in [3.05, 3.63) is 0 Å². The fraction of sp³-hybridized carbons (Fsp3) is 0.933. The lowest BCUT2D eigenvalue weighted by Gasteiger charge is -2.36. The van der Waals surface area contributed by atoms with E-state index in [4.69, 9.17) is 5.73 Å². The second-order valence-corrected chi connectivity index (χ2v) is 6.55. The third-order valence-corrected chi connectivity index (χ3v) is 5.53. The molecular formula is C15H27N3O. The van der Waals surface area contributed by atoms with Gasteiger partial charge in [-0.15, -0.1) is 0 Å². The van der Waals surface area contributed by atoms with Crippen molar-refractivity contribution in [2.24, 2.45) is 17.6 Å². The van der Waals surface area contributed by atoms with E-state index in [1.54, 1.807) is 0 Å². The van der Waals surface area contributed by atoms with Crippen LogP contribution >= 0.6 is 0 Å². The highest BCUT2D eigenvalue weighted by Crippen LogP contribution is 2.37. The third-order valence-electron chi connectivity index (χ3n) is 5.53. The van der Waals surface area contributed by atoms with E-state index >= 15 is 0 Å². The molecule has 4 unspecified atom stereocenters. The monoisotopic (exact) mass is 265 g/mol. The van der Waals surface area contributed by atoms with Gasteiger partial charge in [-0.3, -0.25) is 9.69 Å². The summed E-state index contributed by atoms with van der Waals surface area (Å²) in [7, 11) is 0. The van der Waals surface area contributed by atoms with Crippen LogP contribution in [0.5, 0.6) is 0 Å². The van der Waals surface area contributed by atoms with Crippen LogP contribution in [0.3, 0.4) is 0 Å². The molecule has 2 heterocycles. The molecule has 3 rings (SSSR count). The molecule has 19 heavy (non-hydrogen) atoms. The van der Waals surface area contributed by atoms with Crippen LogP contribution in [-0.2, 0) is 4.79 Å². The average molecular weight is 265 g/mol. The number of carbonyl (C=O) groups excluding carboxylic acids is 1. The van der Waals surface area contributed by atoms with E-state index in [2.05, 4.69) is 16.7 Å². The second kappa shape index (κ2) is 5.41. The van der Waals surface area contributed by atoms with Crippen molar-refractivity contribution in [1.82, 2.24) is 9.80 Å². The zero-order valence-electron chi connectivity index (χ0n) is 12.1. The van der Waals surface area contributed by atoms with Gasteiger partial charge in [-0.1, -0.05) is 13.3 Å². The summed E-state index contributed by atoms with van der Waals surface area (Å²) in [5.74, 6) is 1.63. The quantitative estimate of drug-likeness (QED) is 0.812. The van der Waals surface area contributed by atoms with Gasteiger partial charge in [0.2, 0.25) is 5.91 Å². The average Bonchev–Trinajstić information content (AvgIpc) is 3.00. The number of fused-ring (bicyclic) bond motifs is 1. The fourth-order valence-corrected chi connectivity index (χ4v) is 4.35. The molecule has 0 bridgehead atoms. The number of likely N-dealkylation sites (tertiary alicyclic amines) is 2. The van der Waals surface area contributed by atoms with E-state index in [0.717, 1.165) is 39.0 Å². The second-order valence-electron chi connectivity index (χ2n) is 6.55. The van der Waals surface area contributed by atoms with Gasteiger partial charge in [0.05, 0.1) is 6.04 Å². The Morgan fingerprint density at radius 1 is 1.21 bits per heavy atom. The van der Waals surface area contributed by atoms with Crippen molar-refractivity contribution in [3.8, 4) is 0 Å². The van der Waals surface area contributed by atoms with E-state index in [9.17, 15) is 4.79 Å². The maximum atomic E-state index is 12.8. The molecule has 3 fully saturated rings. The SMILES string of the molecule is CCN1CCCCC1C(=O)N1CC2CCC(N)C2C1. The molecule has 1 aliphatic carbocycles. The Bertz CT molecular complexity index is 346. The number of hydrogen-bond donors (Lipinski definition) is 1. The molecule has 4 heteroatoms. The molecule has 0 aromatic rings. The highest BCUT2D eigenvalue weighted by Gasteiger charge is 2.44. The van der Waals surface area contributed by atoms with E-state index < -0.39 is 0 Å². The Hall–Kier alpha value is -0.610. The van der Waals surface area contributed by atoms with Crippen LogP contribution in [0.4, 0.5) is 0 Å². The van der Waals surface area contributed by atoms with Crippen molar-refractivity contribution in [2.45, 2.75) is 51.1 Å². The number of nitrogens with zero attached hydrogens (tertiary/aromatic N) is 2. The van der Waals surface area contributed by atoms with Crippen molar-refractivity contribution < 1.29 is 4.79 Å². The first kappa shape index (κ1) is 13.4. The van der Waals surface area contributed by atoms with Crippen molar-refractivity contribution in [3.63, 3.8) is 0 Å². The summed E-state index contributed by atoms with van der Waals surface area (Å²) < 4.78 is 0. The zero-order chi connectivity index (χ0) is 13.4. The van der Waals surface area contributed by atoms with Gasteiger partial charge >= 0.3 is 0 Å². The highest BCUT2D eigenvalue weighted by atomic mass is 16.2. The van der Waals surface area contributed by atoms with Gasteiger partial charge in [0.25, 0.3) is 0 Å². The van der Waals surface area contributed by atoms with Crippen molar-refractivity contribution in [2.75, 3.05) is 26.2 Å². The number of piperidine rings is 1. The maximum absolute atomic E-state index is 12.8. The molecule has 2 N–H and O–H groups in total. The summed E-state index contributed by atoms with van der Waals surface area (Å²) in [6, 6.07) is 0.477. The van der Waals surface area contributed by atoms with E-state index in [1.807, 2.05) is 0 Å². The Morgan fingerprint density at radius 2 is 2.05 bits per heavy atom. The van der Waals surface area contributed by atoms with Gasteiger partial charge < -0.3 is 10.6 Å². The van der Waals surface area contributed by atoms with Crippen LogP contribution in [0.1, 0.15) is 39.0 Å². The molecule has 108 valence electrons. The van der Waals surface area contributed by atoms with Crippen LogP contribution in [0.25, 0.3) is 0 Å². The smallest absolute Gasteiger partial charge is 0.239 e. The number of likely N-dealkylation sites (N-methyl/N-ethyl adjacent to an activating group) is 1. The molecule has 3 aliphatic rings. The predicted molar refractivity (Wildman–Crippen MR) is 75.7 cm³/mol. The zero-order valence-corrected chi connectivity index (χ0v) is 12.1. The number of hydrogen-bond acceptors (Lipinski definition) is 3. The summed E-state index contributed by atoms with van der Waals surface area (Å²) >= 11 is 0. The number of rotatable bonds is 2. The largest absolute Gasteiger partial charge is 0.341 e. The third kappa shape index (κ3) is 2.40. The molecule has 4 atom stereocenters. The lowest BCUT2D eigenvalue weighted by molar-refractivity contribution is -0.137. The number of amides is 1. The molecule has 1 amide bonds. The lowest BCUT2D eigenvalue weighted by Crippen LogP contribution is -2.50. The summed E-state index contributed by atoms with van der Waals surface area (Å²) in [4.78, 5) is 17.2. The molecular weight excluding hydrogens is 238 g/mol. The summed E-state index contributed by atoms with van der Waals surface area (Å²) in [6.45, 7) is 6.13. The number of carbonyl (C=O) groups is 1. The molecule has 0 spiro atoms. The lowest BCUT2D eigenvalue weighted by atomic mass is 9.98. The van der Waals surface area contributed by atoms with Gasteiger partial charge in [0.1, 0.15) is 0 Å². The molecule has 1 saturated carbocycles. The van der Waals surface area contributed by atoms with Crippen LogP contribution in [0.2, 0.25) is 0 Å². The Labute approximate surface area is 116 Å². The van der Waals surface area contributed by atoms with Gasteiger partial charge in [-0.25, -0.2) is 0 Å². The fourth-order valence-electron chi connectivity index (χ4n) is 4.35. The van der Waals surface area contributed by atoms with E-state index in [-0.39, 0.29) is 6.04 Å². The Morgan fingerprint density at radius 3 is 2.79 bits per heavy atom. The van der Waals surface area contributed by atoms with Gasteiger partial charge in [-0.2, -0.15) is 0 Å². The highest BCUT2D eigenvalue weighted by molar-refractivity contribution is 5.82. The van der Waals surface area contributed by atoms with Crippen molar-refractivity contribution in [1.29, 1.82) is 0 Å². The summed E-state index contributed by atoms with van der Waals surface area (Å²) in [5, 5.41) is 0. The molecule has 2 aliphatic heterocycles. The molecule has 0 aromatic carbocycles. The first-order valence-corrected chi connectivity index (χ1v) is 7.99. The van der Waals surface area contributed by atoms with Crippen molar-refractivity contribution >= 4 is 5.91 Å². The first-order valence-electron chi connectivity index (χ1n) is 7.99. The Balaban J connectivity index is 1.64. The van der Waals surface area contributed by atoms with Crippen LogP contribution in [0.15, 0.2) is 0 Å². The first-order chi connectivity index (χ1) is 9.20. The maximum Gasteiger partial charge on any atom is 0.239 e. The Kier molecular flexibility index (Phi) is 3.81. The van der Waals surface area contributed by atoms with Gasteiger partial charge in [0, 0.05) is 19.1 Å². The van der Waals surface area contributed by atoms with Gasteiger partial charge in [0.15, 0.2) is 0 Å². The minimum Gasteiger partial charge on any atom is -0.341 e. The standard InChI is InChI=1S/C15H27N3O/c1-2-17-8-4-3-5-14(17)15(19)18-9-11-6-7-13(16)12(11)10-18/h11-14H,2-10,16H2,1H3. The normalized spacial score (nSPS) is 39.6. The summed E-state index contributed by atoms with van der Waals surface area (Å²) in [5.41, 5.74) is 6.17. The summed E-state index contributed by atoms with van der Waals surface area (Å²) in [6.07, 6.45) is 5.87. The van der Waals surface area contributed by atoms with Crippen LogP contribution in [0, 0.1) is 11.8 Å². The predicted octanol–water partition coefficient (Wildman–Crippen LogP) is 1.06. The van der Waals surface area contributed by atoms with Crippen LogP contribution in [-0.4, -0.2) is 54.0 Å². The molecule has 0 radical (unpaired) electrons.